The second-order valence-electron chi connectivity index (χ2n) is 7.94. The van der Waals surface area contributed by atoms with Crippen LogP contribution in [0.2, 0.25) is 0 Å². The number of hydrogen-bond acceptors (Lipinski definition) is 5. The highest BCUT2D eigenvalue weighted by Crippen LogP contribution is 2.21. The molecule has 0 aromatic carbocycles. The molecule has 1 saturated heterocycles. The van der Waals surface area contributed by atoms with Gasteiger partial charge in [-0.3, -0.25) is 9.80 Å². The van der Waals surface area contributed by atoms with Gasteiger partial charge >= 0.3 is 6.09 Å². The van der Waals surface area contributed by atoms with Crippen LogP contribution >= 0.6 is 0 Å². The van der Waals surface area contributed by atoms with Crippen LogP contribution in [0.1, 0.15) is 41.5 Å². The number of piperazine rings is 1. The number of nitrogens with zero attached hydrogens (tertiary/aromatic N) is 2. The lowest BCUT2D eigenvalue weighted by Crippen LogP contribution is -2.64. The van der Waals surface area contributed by atoms with Gasteiger partial charge in [0.15, 0.2) is 0 Å². The fourth-order valence-electron chi connectivity index (χ4n) is 2.82. The summed E-state index contributed by atoms with van der Waals surface area (Å²) in [5.74, 6) is 0. The molecular weight excluding hydrogens is 280 g/mol. The zero-order valence-corrected chi connectivity index (χ0v) is 15.3. The minimum Gasteiger partial charge on any atom is -0.444 e. The summed E-state index contributed by atoms with van der Waals surface area (Å²) < 4.78 is 5.33. The predicted molar refractivity (Wildman–Crippen MR) is 90.0 cm³/mol. The highest BCUT2D eigenvalue weighted by atomic mass is 16.6. The fourth-order valence-corrected chi connectivity index (χ4v) is 2.82. The van der Waals surface area contributed by atoms with Gasteiger partial charge in [0.25, 0.3) is 0 Å². The molecule has 0 aliphatic carbocycles. The number of hydrogen-bond donors (Lipinski definition) is 2. The Bertz CT molecular complexity index is 379. The number of alkyl carbamates (subject to hydrolysis) is 1. The number of nitrogens with two attached hydrogens (primary N) is 1. The average molecular weight is 314 g/mol. The summed E-state index contributed by atoms with van der Waals surface area (Å²) in [6.45, 7) is 15.5. The Balaban J connectivity index is 2.65. The molecule has 130 valence electrons. The van der Waals surface area contributed by atoms with E-state index in [1.807, 2.05) is 27.7 Å². The summed E-state index contributed by atoms with van der Waals surface area (Å²) in [4.78, 5) is 16.7. The van der Waals surface area contributed by atoms with E-state index in [4.69, 9.17) is 10.5 Å². The minimum absolute atomic E-state index is 0.0564. The standard InChI is InChI=1S/C16H34N4O2/c1-12(18-14(21)22-15(2,3)4)13(10-17)20-9-8-19(7)16(5,6)11-20/h12-13H,8-11,17H2,1-7H3,(H,18,21). The van der Waals surface area contributed by atoms with E-state index in [0.717, 1.165) is 19.6 Å². The van der Waals surface area contributed by atoms with Gasteiger partial charge in [0, 0.05) is 43.8 Å². The van der Waals surface area contributed by atoms with E-state index >= 15 is 0 Å². The number of carbonyl (C=O) groups is 1. The zero-order chi connectivity index (χ0) is 17.1. The van der Waals surface area contributed by atoms with Crippen LogP contribution in [-0.2, 0) is 4.74 Å². The lowest BCUT2D eigenvalue weighted by Gasteiger charge is -2.48. The molecule has 1 rings (SSSR count). The van der Waals surface area contributed by atoms with Crippen LogP contribution < -0.4 is 11.1 Å². The first kappa shape index (κ1) is 19.2. The SMILES string of the molecule is CC(NC(=O)OC(C)(C)C)C(CN)N1CCN(C)C(C)(C)C1. The van der Waals surface area contributed by atoms with Crippen molar-refractivity contribution in [1.82, 2.24) is 15.1 Å². The Morgan fingerprint density at radius 2 is 1.95 bits per heavy atom. The van der Waals surface area contributed by atoms with Crippen LogP contribution in [-0.4, -0.2) is 72.3 Å². The van der Waals surface area contributed by atoms with Crippen LogP contribution in [0.3, 0.4) is 0 Å². The number of nitrogens with one attached hydrogen (secondary N) is 1. The molecule has 0 radical (unpaired) electrons. The van der Waals surface area contributed by atoms with E-state index in [0.29, 0.717) is 6.54 Å². The molecule has 0 aromatic heterocycles. The van der Waals surface area contributed by atoms with Crippen LogP contribution in [0.25, 0.3) is 0 Å². The summed E-state index contributed by atoms with van der Waals surface area (Å²) >= 11 is 0. The maximum atomic E-state index is 12.0. The third-order valence-corrected chi connectivity index (χ3v) is 4.38. The fraction of sp³-hybridized carbons (Fsp3) is 0.938. The van der Waals surface area contributed by atoms with Crippen LogP contribution in [0.5, 0.6) is 0 Å². The zero-order valence-electron chi connectivity index (χ0n) is 15.3. The highest BCUT2D eigenvalue weighted by Gasteiger charge is 2.36. The normalized spacial score (nSPS) is 22.9. The quantitative estimate of drug-likeness (QED) is 0.817. The number of carbonyl (C=O) groups excluding carboxylic acids is 1. The van der Waals surface area contributed by atoms with Gasteiger partial charge in [-0.1, -0.05) is 0 Å². The van der Waals surface area contributed by atoms with Gasteiger partial charge < -0.3 is 15.8 Å². The lowest BCUT2D eigenvalue weighted by atomic mass is 9.96. The first-order valence-corrected chi connectivity index (χ1v) is 8.11. The Hall–Kier alpha value is -0.850. The number of likely N-dealkylation sites (N-methyl/N-ethyl adjacent to an activating group) is 1. The van der Waals surface area contributed by atoms with Crippen molar-refractivity contribution in [3.05, 3.63) is 0 Å². The third kappa shape index (κ3) is 5.41. The van der Waals surface area contributed by atoms with Gasteiger partial charge in [0.1, 0.15) is 5.60 Å². The summed E-state index contributed by atoms with van der Waals surface area (Å²) in [6, 6.07) is 0.0551. The molecule has 1 amide bonds. The molecular formula is C16H34N4O2. The van der Waals surface area contributed by atoms with Crippen molar-refractivity contribution in [3.63, 3.8) is 0 Å². The second-order valence-corrected chi connectivity index (χ2v) is 7.94. The maximum absolute atomic E-state index is 12.0. The molecule has 1 aliphatic rings. The first-order valence-electron chi connectivity index (χ1n) is 8.11. The maximum Gasteiger partial charge on any atom is 0.407 e. The van der Waals surface area contributed by atoms with Crippen molar-refractivity contribution in [3.8, 4) is 0 Å². The summed E-state index contributed by atoms with van der Waals surface area (Å²) in [5, 5.41) is 2.93. The molecule has 22 heavy (non-hydrogen) atoms. The molecule has 1 heterocycles. The van der Waals surface area contributed by atoms with E-state index in [2.05, 4.69) is 36.0 Å². The van der Waals surface area contributed by atoms with Crippen molar-refractivity contribution < 1.29 is 9.53 Å². The van der Waals surface area contributed by atoms with Crippen molar-refractivity contribution in [2.75, 3.05) is 33.2 Å². The third-order valence-electron chi connectivity index (χ3n) is 4.38. The van der Waals surface area contributed by atoms with Gasteiger partial charge in [0.2, 0.25) is 0 Å². The summed E-state index contributed by atoms with van der Waals surface area (Å²) in [6.07, 6.45) is -0.383. The molecule has 0 bridgehead atoms. The Morgan fingerprint density at radius 3 is 2.41 bits per heavy atom. The molecule has 6 heteroatoms. The van der Waals surface area contributed by atoms with Crippen molar-refractivity contribution in [1.29, 1.82) is 0 Å². The van der Waals surface area contributed by atoms with Gasteiger partial charge in [-0.2, -0.15) is 0 Å². The van der Waals surface area contributed by atoms with Crippen molar-refractivity contribution in [2.45, 2.75) is 64.8 Å². The largest absolute Gasteiger partial charge is 0.444 e. The molecule has 6 nitrogen and oxygen atoms in total. The van der Waals surface area contributed by atoms with Gasteiger partial charge in [-0.25, -0.2) is 4.79 Å². The topological polar surface area (TPSA) is 70.8 Å². The summed E-state index contributed by atoms with van der Waals surface area (Å²) in [5.41, 5.74) is 5.60. The Kier molecular flexibility index (Phi) is 6.24. The molecule has 0 aromatic rings. The number of ether oxygens (including phenoxy) is 1. The molecule has 1 aliphatic heterocycles. The van der Waals surface area contributed by atoms with E-state index in [1.165, 1.54) is 0 Å². The van der Waals surface area contributed by atoms with Crippen LogP contribution in [0.4, 0.5) is 4.79 Å². The monoisotopic (exact) mass is 314 g/mol. The molecule has 0 spiro atoms. The van der Waals surface area contributed by atoms with Crippen LogP contribution in [0, 0.1) is 0 Å². The lowest BCUT2D eigenvalue weighted by molar-refractivity contribution is 0.00788. The predicted octanol–water partition coefficient (Wildman–Crippen LogP) is 1.25. The second kappa shape index (κ2) is 7.15. The van der Waals surface area contributed by atoms with E-state index < -0.39 is 5.60 Å². The first-order chi connectivity index (χ1) is 9.96. The highest BCUT2D eigenvalue weighted by molar-refractivity contribution is 5.68. The van der Waals surface area contributed by atoms with Gasteiger partial charge in [-0.05, 0) is 48.6 Å². The minimum atomic E-state index is -0.488. The molecule has 3 N–H and O–H groups in total. The van der Waals surface area contributed by atoms with Crippen LogP contribution in [0.15, 0.2) is 0 Å². The van der Waals surface area contributed by atoms with E-state index in [-0.39, 0.29) is 23.7 Å². The van der Waals surface area contributed by atoms with Crippen molar-refractivity contribution in [2.24, 2.45) is 5.73 Å². The summed E-state index contributed by atoms with van der Waals surface area (Å²) in [7, 11) is 2.15. The number of amides is 1. The van der Waals surface area contributed by atoms with Gasteiger partial charge in [-0.15, -0.1) is 0 Å². The molecule has 1 fully saturated rings. The Labute approximate surface area is 135 Å². The molecule has 2 unspecified atom stereocenters. The van der Waals surface area contributed by atoms with Crippen molar-refractivity contribution >= 4 is 6.09 Å². The molecule has 0 saturated carbocycles. The number of rotatable bonds is 4. The van der Waals surface area contributed by atoms with E-state index in [9.17, 15) is 4.79 Å². The Morgan fingerprint density at radius 1 is 1.36 bits per heavy atom. The van der Waals surface area contributed by atoms with E-state index in [1.54, 1.807) is 0 Å². The smallest absolute Gasteiger partial charge is 0.407 e. The van der Waals surface area contributed by atoms with Gasteiger partial charge in [0.05, 0.1) is 0 Å². The molecule has 2 atom stereocenters. The average Bonchev–Trinajstić information content (AvgIpc) is 2.31.